The third-order valence-corrected chi connectivity index (χ3v) is 8.93. The van der Waals surface area contributed by atoms with Crippen LogP contribution in [0.2, 0.25) is 0 Å². The van der Waals surface area contributed by atoms with E-state index in [-0.39, 0.29) is 48.9 Å². The van der Waals surface area contributed by atoms with Gasteiger partial charge in [-0.05, 0) is 43.2 Å². The van der Waals surface area contributed by atoms with E-state index in [0.717, 1.165) is 57.3 Å². The molecule has 5 aromatic rings. The molecule has 0 unspecified atom stereocenters. The monoisotopic (exact) mass is 761 g/mol. The Kier molecular flexibility index (Phi) is 11.7. The maximum Gasteiger partial charge on any atom is 0.230 e. The molecule has 0 amide bonds. The number of hydrogen-bond donors (Lipinski definition) is 1. The average Bonchev–Trinajstić information content (AvgIpc) is 3.52. The quantitative estimate of drug-likeness (QED) is 0.0972. The van der Waals surface area contributed by atoms with E-state index in [4.69, 9.17) is 9.40 Å². The van der Waals surface area contributed by atoms with Crippen LogP contribution in [0.4, 0.5) is 0 Å². The predicted molar refractivity (Wildman–Crippen MR) is 174 cm³/mol. The summed E-state index contributed by atoms with van der Waals surface area (Å²) in [5.74, 6) is 0.547. The molecule has 6 heteroatoms. The minimum Gasteiger partial charge on any atom is -0.512 e. The van der Waals surface area contributed by atoms with Crippen molar-refractivity contribution >= 4 is 49.3 Å². The fraction of sp³-hybridized carbons (Fsp3) is 0.389. The molecular weight excluding hydrogens is 719 g/mol. The maximum atomic E-state index is 11.7. The number of ketones is 1. The third-order valence-electron chi connectivity index (χ3n) is 7.83. The number of benzene rings is 3. The molecule has 0 spiro atoms. The largest absolute Gasteiger partial charge is 0.512 e. The molecule has 0 fully saturated rings. The SMILES string of the molecule is CC(C)(C)c1cc(-c2nc3oc4ccccc4c3s2)[c-]c2ccccc12.CCC(CC)C(=O)/C=C(\O)C(CC)CC.[Ir]. The Hall–Kier alpha value is -2.79. The molecule has 0 saturated carbocycles. The van der Waals surface area contributed by atoms with Crippen molar-refractivity contribution in [3.63, 3.8) is 0 Å². The maximum absolute atomic E-state index is 11.7. The van der Waals surface area contributed by atoms with Crippen molar-refractivity contribution in [3.05, 3.63) is 78.1 Å². The van der Waals surface area contributed by atoms with Crippen molar-refractivity contribution in [2.24, 2.45) is 11.8 Å². The van der Waals surface area contributed by atoms with E-state index in [1.54, 1.807) is 11.3 Å². The zero-order valence-corrected chi connectivity index (χ0v) is 28.9. The van der Waals surface area contributed by atoms with Crippen LogP contribution >= 0.6 is 11.3 Å². The average molecular weight is 761 g/mol. The zero-order chi connectivity index (χ0) is 29.7. The molecule has 3 aromatic carbocycles. The van der Waals surface area contributed by atoms with Gasteiger partial charge in [-0.1, -0.05) is 89.7 Å². The molecule has 2 heterocycles. The molecule has 0 saturated heterocycles. The van der Waals surface area contributed by atoms with Gasteiger partial charge in [0.1, 0.15) is 5.58 Å². The molecule has 1 N–H and O–H groups in total. The van der Waals surface area contributed by atoms with Gasteiger partial charge < -0.3 is 9.52 Å². The summed E-state index contributed by atoms with van der Waals surface area (Å²) in [6, 6.07) is 22.4. The first-order valence-corrected chi connectivity index (χ1v) is 15.6. The van der Waals surface area contributed by atoms with E-state index < -0.39 is 0 Å². The summed E-state index contributed by atoms with van der Waals surface area (Å²) in [6.45, 7) is 14.8. The van der Waals surface area contributed by atoms with E-state index in [0.29, 0.717) is 5.71 Å². The Bertz CT molecular complexity index is 1670. The van der Waals surface area contributed by atoms with Crippen LogP contribution in [0.1, 0.15) is 79.7 Å². The van der Waals surface area contributed by atoms with Gasteiger partial charge in [0.05, 0.1) is 15.5 Å². The van der Waals surface area contributed by atoms with Gasteiger partial charge in [-0.25, -0.2) is 4.98 Å². The van der Waals surface area contributed by atoms with Crippen molar-refractivity contribution in [1.82, 2.24) is 4.98 Å². The normalized spacial score (nSPS) is 12.2. The molecular formula is C36H42IrNO3S-. The van der Waals surface area contributed by atoms with Crippen LogP contribution in [0.5, 0.6) is 0 Å². The second-order valence-corrected chi connectivity index (χ2v) is 12.6. The molecule has 0 bridgehead atoms. The van der Waals surface area contributed by atoms with Crippen molar-refractivity contribution in [2.45, 2.75) is 79.6 Å². The summed E-state index contributed by atoms with van der Waals surface area (Å²) in [5, 5.41) is 14.2. The topological polar surface area (TPSA) is 63.3 Å². The molecule has 0 aliphatic rings. The number of nitrogens with zero attached hydrogens (tertiary/aromatic N) is 1. The summed E-state index contributed by atoms with van der Waals surface area (Å²) in [6.07, 6.45) is 4.91. The number of allylic oxidation sites excluding steroid dienone is 2. The van der Waals surface area contributed by atoms with Crippen LogP contribution in [0, 0.1) is 17.9 Å². The molecule has 42 heavy (non-hydrogen) atoms. The summed E-state index contributed by atoms with van der Waals surface area (Å²) in [7, 11) is 0. The number of fused-ring (bicyclic) bond motifs is 4. The van der Waals surface area contributed by atoms with Crippen molar-refractivity contribution in [2.75, 3.05) is 0 Å². The Morgan fingerprint density at radius 2 is 1.55 bits per heavy atom. The van der Waals surface area contributed by atoms with Crippen molar-refractivity contribution in [3.8, 4) is 10.6 Å². The number of carbonyl (C=O) groups excluding carboxylic acids is 1. The van der Waals surface area contributed by atoms with E-state index in [1.165, 1.54) is 17.0 Å². The van der Waals surface area contributed by atoms with Gasteiger partial charge in [0.15, 0.2) is 5.78 Å². The van der Waals surface area contributed by atoms with Crippen molar-refractivity contribution in [1.29, 1.82) is 0 Å². The summed E-state index contributed by atoms with van der Waals surface area (Å²) in [4.78, 5) is 16.5. The van der Waals surface area contributed by atoms with Crippen LogP contribution in [0.25, 0.3) is 42.7 Å². The number of furan rings is 1. The molecule has 0 atom stereocenters. The number of aliphatic hydroxyl groups excluding tert-OH is 1. The van der Waals surface area contributed by atoms with Gasteiger partial charge in [-0.15, -0.1) is 29.1 Å². The second kappa shape index (κ2) is 14.6. The Balaban J connectivity index is 0.000000263. The standard InChI is InChI=1S/C23H18NOS.C13H24O2.Ir/c1-23(2,3)18-13-15(12-14-8-4-5-9-16(14)18)22-24-21-20(26-22)17-10-6-7-11-19(17)25-21;1-5-10(6-2)12(14)9-13(15)11(7-3)8-4;/h4-11,13H,1-3H3;9-11,14H,5-8H2,1-4H3;/q-1;;/b;12-9-;. The first-order valence-electron chi connectivity index (χ1n) is 14.8. The van der Waals surface area contributed by atoms with E-state index in [9.17, 15) is 9.90 Å². The smallest absolute Gasteiger partial charge is 0.230 e. The van der Waals surface area contributed by atoms with Gasteiger partial charge in [-0.2, -0.15) is 11.3 Å². The van der Waals surface area contributed by atoms with Crippen molar-refractivity contribution < 1.29 is 34.4 Å². The van der Waals surface area contributed by atoms with Gasteiger partial charge in [0.2, 0.25) is 5.71 Å². The van der Waals surface area contributed by atoms with Crippen LogP contribution < -0.4 is 0 Å². The number of thiazole rings is 1. The van der Waals surface area contributed by atoms with Crippen LogP contribution in [0.3, 0.4) is 0 Å². The molecule has 0 aliphatic heterocycles. The molecule has 1 radical (unpaired) electrons. The van der Waals surface area contributed by atoms with E-state index >= 15 is 0 Å². The molecule has 4 nitrogen and oxygen atoms in total. The number of hydrogen-bond acceptors (Lipinski definition) is 5. The van der Waals surface area contributed by atoms with Gasteiger partial charge >= 0.3 is 0 Å². The van der Waals surface area contributed by atoms with E-state index in [1.807, 2.05) is 45.9 Å². The Morgan fingerprint density at radius 3 is 2.17 bits per heavy atom. The number of rotatable bonds is 8. The van der Waals surface area contributed by atoms with Gasteiger partial charge in [-0.3, -0.25) is 4.79 Å². The molecule has 5 rings (SSSR count). The predicted octanol–water partition coefficient (Wildman–Crippen LogP) is 10.8. The Morgan fingerprint density at radius 1 is 0.952 bits per heavy atom. The van der Waals surface area contributed by atoms with Gasteiger partial charge in [0, 0.05) is 43.4 Å². The first kappa shape index (κ1) is 33.7. The number of para-hydroxylation sites is 1. The number of aliphatic hydroxyl groups is 1. The van der Waals surface area contributed by atoms with Crippen LogP contribution in [-0.4, -0.2) is 15.9 Å². The minimum atomic E-state index is 0. The van der Waals surface area contributed by atoms with Crippen LogP contribution in [0.15, 0.2) is 70.8 Å². The summed E-state index contributed by atoms with van der Waals surface area (Å²) in [5.41, 5.74) is 4.01. The minimum absolute atomic E-state index is 0. The Labute approximate surface area is 267 Å². The molecule has 225 valence electrons. The number of aromatic nitrogens is 1. The summed E-state index contributed by atoms with van der Waals surface area (Å²) >= 11 is 1.68. The van der Waals surface area contributed by atoms with E-state index in [2.05, 4.69) is 63.2 Å². The first-order chi connectivity index (χ1) is 19.6. The third kappa shape index (κ3) is 7.40. The molecule has 0 aliphatic carbocycles. The molecule has 2 aromatic heterocycles. The zero-order valence-electron chi connectivity index (χ0n) is 25.7. The fourth-order valence-corrected chi connectivity index (χ4v) is 6.25. The summed E-state index contributed by atoms with van der Waals surface area (Å²) < 4.78 is 7.03. The second-order valence-electron chi connectivity index (χ2n) is 11.6. The van der Waals surface area contributed by atoms with Gasteiger partial charge in [0.25, 0.3) is 0 Å². The fourth-order valence-electron chi connectivity index (χ4n) is 5.25. The van der Waals surface area contributed by atoms with Crippen LogP contribution in [-0.2, 0) is 30.3 Å². The number of carbonyl (C=O) groups is 1.